The van der Waals surface area contributed by atoms with E-state index < -0.39 is 0 Å². The molecule has 0 spiro atoms. The third kappa shape index (κ3) is 5.51. The molecular weight excluding hydrogens is 403 g/mol. The van der Waals surface area contributed by atoms with E-state index in [0.717, 1.165) is 0 Å². The molecule has 0 bridgehead atoms. The molecule has 0 aliphatic carbocycles. The zero-order valence-electron chi connectivity index (χ0n) is 10.0. The van der Waals surface area contributed by atoms with E-state index in [1.165, 1.54) is 6.20 Å². The summed E-state index contributed by atoms with van der Waals surface area (Å²) in [6.45, 7) is 2.17. The Morgan fingerprint density at radius 1 is 1.33 bits per heavy atom. The SMILES string of the molecule is CCOC(=O)CCCc1ncc(Cl)c(Cl)c1Cl.[SnH2]. The standard InChI is InChI=1S/C11H12Cl3NO2.Sn.2H/c1-2-17-9(16)5-3-4-8-11(14)10(13)7(12)6-15-8;;;/h6H,2-5H2,1H3;;;. The number of pyridine rings is 1. The summed E-state index contributed by atoms with van der Waals surface area (Å²) in [6, 6.07) is 0. The summed E-state index contributed by atoms with van der Waals surface area (Å²) < 4.78 is 4.81. The fourth-order valence-corrected chi connectivity index (χ4v) is 1.88. The topological polar surface area (TPSA) is 39.2 Å². The van der Waals surface area contributed by atoms with Gasteiger partial charge in [0.25, 0.3) is 0 Å². The van der Waals surface area contributed by atoms with Gasteiger partial charge in [-0.15, -0.1) is 0 Å². The summed E-state index contributed by atoms with van der Waals surface area (Å²) >= 11 is 17.6. The Morgan fingerprint density at radius 2 is 2.00 bits per heavy atom. The molecule has 0 aliphatic rings. The summed E-state index contributed by atoms with van der Waals surface area (Å²) in [5.74, 6) is -0.219. The summed E-state index contributed by atoms with van der Waals surface area (Å²) in [5.41, 5.74) is 0.644. The Hall–Kier alpha value is 0.289. The van der Waals surface area contributed by atoms with Crippen LogP contribution in [0, 0.1) is 0 Å². The molecule has 7 heteroatoms. The van der Waals surface area contributed by atoms with Gasteiger partial charge < -0.3 is 4.74 Å². The molecule has 1 rings (SSSR count). The van der Waals surface area contributed by atoms with Crippen LogP contribution >= 0.6 is 34.8 Å². The summed E-state index contributed by atoms with van der Waals surface area (Å²) in [6.07, 6.45) is 2.97. The second-order valence-electron chi connectivity index (χ2n) is 3.34. The van der Waals surface area contributed by atoms with Crippen LogP contribution in [-0.4, -0.2) is 41.5 Å². The Morgan fingerprint density at radius 3 is 2.61 bits per heavy atom. The third-order valence-electron chi connectivity index (χ3n) is 2.09. The van der Waals surface area contributed by atoms with Crippen molar-refractivity contribution in [3.05, 3.63) is 27.0 Å². The van der Waals surface area contributed by atoms with Crippen molar-refractivity contribution in [2.75, 3.05) is 6.61 Å². The second-order valence-corrected chi connectivity index (χ2v) is 4.50. The first-order valence-corrected chi connectivity index (χ1v) is 6.33. The molecule has 1 aromatic rings. The van der Waals surface area contributed by atoms with Crippen molar-refractivity contribution in [1.82, 2.24) is 4.98 Å². The Balaban J connectivity index is 0.00000289. The van der Waals surface area contributed by atoms with Crippen LogP contribution in [-0.2, 0) is 16.0 Å². The van der Waals surface area contributed by atoms with Gasteiger partial charge in [0.1, 0.15) is 0 Å². The monoisotopic (exact) mass is 417 g/mol. The van der Waals surface area contributed by atoms with Gasteiger partial charge in [-0.25, -0.2) is 0 Å². The predicted octanol–water partition coefficient (Wildman–Crippen LogP) is 3.01. The number of carbonyl (C=O) groups excluding carboxylic acids is 1. The van der Waals surface area contributed by atoms with Crippen LogP contribution < -0.4 is 0 Å². The number of hydrogen-bond donors (Lipinski definition) is 0. The fraction of sp³-hybridized carbons (Fsp3) is 0.455. The van der Waals surface area contributed by atoms with Crippen molar-refractivity contribution in [1.29, 1.82) is 0 Å². The number of rotatable bonds is 5. The van der Waals surface area contributed by atoms with Gasteiger partial charge in [-0.3, -0.25) is 9.78 Å². The second kappa shape index (κ2) is 9.23. The van der Waals surface area contributed by atoms with Crippen LogP contribution in [0.2, 0.25) is 15.1 Å². The molecular formula is C11H14Cl3NO2Sn. The summed E-state index contributed by atoms with van der Waals surface area (Å²) in [7, 11) is 0. The van der Waals surface area contributed by atoms with Gasteiger partial charge in [-0.05, 0) is 19.8 Å². The van der Waals surface area contributed by atoms with Gasteiger partial charge in [0, 0.05) is 12.6 Å². The molecule has 18 heavy (non-hydrogen) atoms. The first-order valence-electron chi connectivity index (χ1n) is 5.20. The number of hydrogen-bond acceptors (Lipinski definition) is 3. The normalized spacial score (nSPS) is 9.78. The minimum absolute atomic E-state index is 0. The molecule has 3 nitrogen and oxygen atoms in total. The molecule has 0 saturated carbocycles. The molecule has 0 aliphatic heterocycles. The molecule has 1 heterocycles. The molecule has 2 radical (unpaired) electrons. The van der Waals surface area contributed by atoms with Gasteiger partial charge >= 0.3 is 29.9 Å². The molecule has 0 aromatic carbocycles. The quantitative estimate of drug-likeness (QED) is 0.546. The summed E-state index contributed by atoms with van der Waals surface area (Å²) in [5, 5.41) is 0.975. The van der Waals surface area contributed by atoms with Gasteiger partial charge in [0.05, 0.1) is 27.4 Å². The van der Waals surface area contributed by atoms with E-state index >= 15 is 0 Å². The van der Waals surface area contributed by atoms with Crippen molar-refractivity contribution in [2.24, 2.45) is 0 Å². The average molecular weight is 417 g/mol. The molecule has 0 unspecified atom stereocenters. The van der Waals surface area contributed by atoms with E-state index in [2.05, 4.69) is 4.98 Å². The zero-order chi connectivity index (χ0) is 12.8. The third-order valence-corrected chi connectivity index (χ3v) is 3.37. The number of aryl methyl sites for hydroxylation is 1. The van der Waals surface area contributed by atoms with E-state index in [1.54, 1.807) is 6.92 Å². The average Bonchev–Trinajstić information content (AvgIpc) is 2.29. The number of esters is 1. The van der Waals surface area contributed by atoms with Crippen LogP contribution in [0.4, 0.5) is 0 Å². The van der Waals surface area contributed by atoms with Crippen molar-refractivity contribution in [2.45, 2.75) is 26.2 Å². The molecule has 100 valence electrons. The van der Waals surface area contributed by atoms with E-state index in [-0.39, 0.29) is 29.9 Å². The first kappa shape index (κ1) is 18.3. The van der Waals surface area contributed by atoms with Gasteiger partial charge in [0.15, 0.2) is 0 Å². The van der Waals surface area contributed by atoms with Crippen LogP contribution in [0.1, 0.15) is 25.5 Å². The van der Waals surface area contributed by atoms with Crippen LogP contribution in [0.3, 0.4) is 0 Å². The maximum atomic E-state index is 11.1. The number of halogens is 3. The Bertz CT molecular complexity index is 416. The number of aromatic nitrogens is 1. The van der Waals surface area contributed by atoms with Gasteiger partial charge in [0.2, 0.25) is 0 Å². The summed E-state index contributed by atoms with van der Waals surface area (Å²) in [4.78, 5) is 15.2. The molecule has 0 saturated heterocycles. The number of ether oxygens (including phenoxy) is 1. The van der Waals surface area contributed by atoms with Crippen molar-refractivity contribution in [3.63, 3.8) is 0 Å². The molecule has 0 amide bonds. The Labute approximate surface area is 138 Å². The molecule has 0 atom stereocenters. The van der Waals surface area contributed by atoms with Gasteiger partial charge in [-0.1, -0.05) is 34.8 Å². The Kier molecular flexibility index (Phi) is 9.38. The molecule has 0 fully saturated rings. The van der Waals surface area contributed by atoms with E-state index in [0.29, 0.717) is 46.6 Å². The van der Waals surface area contributed by atoms with Crippen LogP contribution in [0.15, 0.2) is 6.20 Å². The van der Waals surface area contributed by atoms with Crippen molar-refractivity contribution < 1.29 is 9.53 Å². The minimum atomic E-state index is -0.219. The van der Waals surface area contributed by atoms with Crippen LogP contribution in [0.5, 0.6) is 0 Å². The molecule has 0 N–H and O–H groups in total. The van der Waals surface area contributed by atoms with Gasteiger partial charge in [-0.2, -0.15) is 0 Å². The van der Waals surface area contributed by atoms with E-state index in [1.807, 2.05) is 0 Å². The number of nitrogens with zero attached hydrogens (tertiary/aromatic N) is 1. The van der Waals surface area contributed by atoms with Crippen molar-refractivity contribution in [3.8, 4) is 0 Å². The fourth-order valence-electron chi connectivity index (χ4n) is 1.29. The maximum absolute atomic E-state index is 11.1. The zero-order valence-corrected chi connectivity index (χ0v) is 16.3. The van der Waals surface area contributed by atoms with E-state index in [9.17, 15) is 4.79 Å². The first-order chi connectivity index (χ1) is 8.06. The molecule has 1 aromatic heterocycles. The van der Waals surface area contributed by atoms with Crippen LogP contribution in [0.25, 0.3) is 0 Å². The van der Waals surface area contributed by atoms with Crippen molar-refractivity contribution >= 4 is 64.7 Å². The van der Waals surface area contributed by atoms with E-state index in [4.69, 9.17) is 39.5 Å². The predicted molar refractivity (Wildman–Crippen MR) is 77.4 cm³/mol. The number of carbonyl (C=O) groups is 1.